The van der Waals surface area contributed by atoms with Crippen LogP contribution in [0.3, 0.4) is 0 Å². The van der Waals surface area contributed by atoms with Crippen molar-refractivity contribution in [2.45, 2.75) is 65.5 Å². The molecule has 1 unspecified atom stereocenters. The first-order valence-electron chi connectivity index (χ1n) is 8.31. The molecule has 1 fully saturated rings. The predicted octanol–water partition coefficient (Wildman–Crippen LogP) is 3.15. The molecule has 0 bridgehead atoms. The van der Waals surface area contributed by atoms with Gasteiger partial charge >= 0.3 is 0 Å². The monoisotopic (exact) mass is 284 g/mol. The summed E-state index contributed by atoms with van der Waals surface area (Å²) in [6.45, 7) is 12.3. The van der Waals surface area contributed by atoms with Gasteiger partial charge in [-0.3, -0.25) is 0 Å². The van der Waals surface area contributed by atoms with E-state index in [1.54, 1.807) is 7.11 Å². The quantitative estimate of drug-likeness (QED) is 0.741. The molecule has 0 amide bonds. The molecule has 0 aromatic rings. The third-order valence-electron chi connectivity index (χ3n) is 4.97. The van der Waals surface area contributed by atoms with Gasteiger partial charge in [0.25, 0.3) is 0 Å². The molecule has 3 heteroatoms. The van der Waals surface area contributed by atoms with Crippen LogP contribution in [0.4, 0.5) is 0 Å². The highest BCUT2D eigenvalue weighted by Gasteiger charge is 2.35. The number of hydrogen-bond donors (Lipinski definition) is 1. The lowest BCUT2D eigenvalue weighted by molar-refractivity contribution is 0.0524. The Kier molecular flexibility index (Phi) is 7.49. The molecule has 1 rings (SSSR count). The van der Waals surface area contributed by atoms with Crippen molar-refractivity contribution in [2.24, 2.45) is 11.3 Å². The molecule has 0 spiro atoms. The van der Waals surface area contributed by atoms with Crippen LogP contribution >= 0.6 is 0 Å². The lowest BCUT2D eigenvalue weighted by Crippen LogP contribution is -2.49. The lowest BCUT2D eigenvalue weighted by atomic mass is 9.70. The van der Waals surface area contributed by atoms with E-state index in [1.807, 2.05) is 0 Å². The Morgan fingerprint density at radius 3 is 2.35 bits per heavy atom. The van der Waals surface area contributed by atoms with Crippen LogP contribution in [-0.2, 0) is 4.74 Å². The highest BCUT2D eigenvalue weighted by molar-refractivity contribution is 4.90. The number of ether oxygens (including phenoxy) is 1. The molecule has 0 heterocycles. The van der Waals surface area contributed by atoms with Crippen LogP contribution in [0, 0.1) is 11.3 Å². The second-order valence-corrected chi connectivity index (χ2v) is 7.44. The molecule has 1 atom stereocenters. The smallest absolute Gasteiger partial charge is 0.0615 e. The van der Waals surface area contributed by atoms with E-state index in [0.29, 0.717) is 17.5 Å². The number of likely N-dealkylation sites (N-methyl/N-ethyl adjacent to an activating group) is 1. The molecule has 1 aliphatic rings. The number of rotatable bonds is 8. The third-order valence-corrected chi connectivity index (χ3v) is 4.97. The van der Waals surface area contributed by atoms with E-state index in [9.17, 15) is 0 Å². The summed E-state index contributed by atoms with van der Waals surface area (Å²) < 4.78 is 5.30. The molecule has 0 saturated heterocycles. The molecule has 0 aromatic heterocycles. The highest BCUT2D eigenvalue weighted by Crippen LogP contribution is 2.39. The van der Waals surface area contributed by atoms with Crippen molar-refractivity contribution in [3.63, 3.8) is 0 Å². The van der Waals surface area contributed by atoms with E-state index >= 15 is 0 Å². The number of nitrogens with one attached hydrogen (secondary N) is 1. The molecule has 1 aliphatic carbocycles. The standard InChI is InChI=1S/C17H36N2O/c1-14(2)18-12-17(9-7-15(3)8-10-17)13-19(5)16(4)11-20-6/h14-16,18H,7-13H2,1-6H3. The number of hydrogen-bond acceptors (Lipinski definition) is 3. The Hall–Kier alpha value is -0.120. The molecule has 1 N–H and O–H groups in total. The van der Waals surface area contributed by atoms with Gasteiger partial charge in [-0.25, -0.2) is 0 Å². The van der Waals surface area contributed by atoms with Crippen LogP contribution in [0.15, 0.2) is 0 Å². The Morgan fingerprint density at radius 1 is 1.25 bits per heavy atom. The maximum absolute atomic E-state index is 5.30. The lowest BCUT2D eigenvalue weighted by Gasteiger charge is -2.44. The predicted molar refractivity (Wildman–Crippen MR) is 87.2 cm³/mol. The van der Waals surface area contributed by atoms with Gasteiger partial charge in [0.15, 0.2) is 0 Å². The van der Waals surface area contributed by atoms with Crippen molar-refractivity contribution in [3.05, 3.63) is 0 Å². The van der Waals surface area contributed by atoms with Crippen molar-refractivity contribution in [2.75, 3.05) is 33.9 Å². The van der Waals surface area contributed by atoms with E-state index < -0.39 is 0 Å². The zero-order valence-corrected chi connectivity index (χ0v) is 14.5. The molecule has 20 heavy (non-hydrogen) atoms. The Bertz CT molecular complexity index is 260. The van der Waals surface area contributed by atoms with Gasteiger partial charge in [0, 0.05) is 32.3 Å². The first-order valence-corrected chi connectivity index (χ1v) is 8.31. The number of methoxy groups -OCH3 is 1. The van der Waals surface area contributed by atoms with Crippen molar-refractivity contribution in [1.82, 2.24) is 10.2 Å². The fourth-order valence-electron chi connectivity index (χ4n) is 3.24. The van der Waals surface area contributed by atoms with E-state index in [-0.39, 0.29) is 0 Å². The highest BCUT2D eigenvalue weighted by atomic mass is 16.5. The first-order chi connectivity index (χ1) is 9.38. The van der Waals surface area contributed by atoms with Crippen LogP contribution in [-0.4, -0.2) is 50.8 Å². The molecule has 120 valence electrons. The number of nitrogens with zero attached hydrogens (tertiary/aromatic N) is 1. The van der Waals surface area contributed by atoms with E-state index in [2.05, 4.69) is 45.0 Å². The molecule has 0 aliphatic heterocycles. The van der Waals surface area contributed by atoms with Gasteiger partial charge in [-0.2, -0.15) is 0 Å². The molecular weight excluding hydrogens is 248 g/mol. The second kappa shape index (κ2) is 8.35. The van der Waals surface area contributed by atoms with Crippen LogP contribution in [0.25, 0.3) is 0 Å². The van der Waals surface area contributed by atoms with Crippen LogP contribution in [0.5, 0.6) is 0 Å². The topological polar surface area (TPSA) is 24.5 Å². The van der Waals surface area contributed by atoms with Crippen LogP contribution < -0.4 is 5.32 Å². The first kappa shape index (κ1) is 17.9. The van der Waals surface area contributed by atoms with Gasteiger partial charge < -0.3 is 15.0 Å². The summed E-state index contributed by atoms with van der Waals surface area (Å²) in [6, 6.07) is 1.07. The Balaban J connectivity index is 2.62. The van der Waals surface area contributed by atoms with Crippen molar-refractivity contribution in [3.8, 4) is 0 Å². The minimum absolute atomic E-state index is 0.452. The summed E-state index contributed by atoms with van der Waals surface area (Å²) in [6.07, 6.45) is 5.48. The largest absolute Gasteiger partial charge is 0.383 e. The minimum atomic E-state index is 0.452. The van der Waals surface area contributed by atoms with Gasteiger partial charge in [0.1, 0.15) is 0 Å². The fourth-order valence-corrected chi connectivity index (χ4v) is 3.24. The summed E-state index contributed by atoms with van der Waals surface area (Å²) >= 11 is 0. The molecular formula is C17H36N2O. The van der Waals surface area contributed by atoms with Gasteiger partial charge in [-0.05, 0) is 38.1 Å². The fraction of sp³-hybridized carbons (Fsp3) is 1.00. The van der Waals surface area contributed by atoms with Crippen molar-refractivity contribution in [1.29, 1.82) is 0 Å². The molecule has 3 nitrogen and oxygen atoms in total. The van der Waals surface area contributed by atoms with E-state index in [1.165, 1.54) is 32.2 Å². The summed E-state index contributed by atoms with van der Waals surface area (Å²) in [7, 11) is 4.04. The van der Waals surface area contributed by atoms with Crippen molar-refractivity contribution >= 4 is 0 Å². The maximum atomic E-state index is 5.30. The Morgan fingerprint density at radius 2 is 1.85 bits per heavy atom. The third kappa shape index (κ3) is 5.71. The SMILES string of the molecule is COCC(C)N(C)CC1(CNC(C)C)CCC(C)CC1. The van der Waals surface area contributed by atoms with Crippen LogP contribution in [0.2, 0.25) is 0 Å². The zero-order valence-electron chi connectivity index (χ0n) is 14.5. The minimum Gasteiger partial charge on any atom is -0.383 e. The summed E-state index contributed by atoms with van der Waals surface area (Å²) in [5.74, 6) is 0.906. The molecule has 1 saturated carbocycles. The maximum Gasteiger partial charge on any atom is 0.0615 e. The average Bonchev–Trinajstić information content (AvgIpc) is 2.40. The zero-order chi connectivity index (χ0) is 15.2. The second-order valence-electron chi connectivity index (χ2n) is 7.44. The normalized spacial score (nSPS) is 29.1. The molecule has 0 aromatic carbocycles. The Labute approximate surface area is 126 Å². The van der Waals surface area contributed by atoms with Gasteiger partial charge in [-0.1, -0.05) is 33.6 Å². The van der Waals surface area contributed by atoms with E-state index in [0.717, 1.165) is 19.1 Å². The van der Waals surface area contributed by atoms with Crippen molar-refractivity contribution < 1.29 is 4.74 Å². The summed E-state index contributed by atoms with van der Waals surface area (Å²) in [4.78, 5) is 2.49. The summed E-state index contributed by atoms with van der Waals surface area (Å²) in [5.41, 5.74) is 0.452. The van der Waals surface area contributed by atoms with E-state index in [4.69, 9.17) is 4.74 Å². The van der Waals surface area contributed by atoms with Gasteiger partial charge in [0.2, 0.25) is 0 Å². The van der Waals surface area contributed by atoms with Gasteiger partial charge in [-0.15, -0.1) is 0 Å². The van der Waals surface area contributed by atoms with Gasteiger partial charge in [0.05, 0.1) is 6.61 Å². The summed E-state index contributed by atoms with van der Waals surface area (Å²) in [5, 5.41) is 3.69. The molecule has 0 radical (unpaired) electrons. The average molecular weight is 284 g/mol. The van der Waals surface area contributed by atoms with Crippen LogP contribution in [0.1, 0.15) is 53.4 Å².